The molecule has 0 saturated carbocycles. The zero-order valence-corrected chi connectivity index (χ0v) is 20.8. The third-order valence-corrected chi connectivity index (χ3v) is 6.48. The van der Waals surface area contributed by atoms with Gasteiger partial charge in [0.15, 0.2) is 6.61 Å². The standard InChI is InChI=1S/C24H21Cl2FN4O5/c1-3-35-24(33)21-17(12-36-31-18-10-5-4-9-15(18)29-30-31)28-16(11-27)20(23(32)34-2)19(21)13-7-6-8-14(25)22(13)26/h4-10,19-20H,3,11-12H2,1-2H3. The van der Waals surface area contributed by atoms with Crippen molar-refractivity contribution in [2.75, 3.05) is 27.0 Å². The second-order valence-electron chi connectivity index (χ2n) is 7.66. The van der Waals surface area contributed by atoms with Gasteiger partial charge < -0.3 is 14.3 Å². The molecule has 12 heteroatoms. The molecule has 0 aliphatic carbocycles. The lowest BCUT2D eigenvalue weighted by atomic mass is 9.75. The molecule has 2 atom stereocenters. The fourth-order valence-corrected chi connectivity index (χ4v) is 4.50. The van der Waals surface area contributed by atoms with E-state index in [0.717, 1.165) is 7.11 Å². The van der Waals surface area contributed by atoms with Gasteiger partial charge in [0.2, 0.25) is 0 Å². The number of esters is 2. The lowest BCUT2D eigenvalue weighted by molar-refractivity contribution is -0.144. The number of methoxy groups -OCH3 is 1. The first-order valence-corrected chi connectivity index (χ1v) is 11.7. The van der Waals surface area contributed by atoms with Crippen LogP contribution in [0, 0.1) is 5.92 Å². The molecule has 2 aromatic carbocycles. The molecule has 1 aliphatic rings. The molecular formula is C24H21Cl2FN4O5. The second kappa shape index (κ2) is 11.0. The van der Waals surface area contributed by atoms with Crippen LogP contribution in [0.25, 0.3) is 11.0 Å². The number of ether oxygens (including phenoxy) is 2. The van der Waals surface area contributed by atoms with Gasteiger partial charge in [-0.2, -0.15) is 0 Å². The summed E-state index contributed by atoms with van der Waals surface area (Å²) in [6, 6.07) is 11.8. The Morgan fingerprint density at radius 1 is 1.14 bits per heavy atom. The normalized spacial score (nSPS) is 17.6. The average molecular weight is 535 g/mol. The predicted molar refractivity (Wildman–Crippen MR) is 131 cm³/mol. The summed E-state index contributed by atoms with van der Waals surface area (Å²) in [4.78, 5) is 37.4. The highest BCUT2D eigenvalue weighted by Gasteiger charge is 2.45. The van der Waals surface area contributed by atoms with Crippen LogP contribution in [0.2, 0.25) is 10.0 Å². The number of hydrogen-bond donors (Lipinski definition) is 0. The van der Waals surface area contributed by atoms with Gasteiger partial charge in [0, 0.05) is 5.92 Å². The van der Waals surface area contributed by atoms with Gasteiger partial charge in [-0.1, -0.05) is 52.3 Å². The summed E-state index contributed by atoms with van der Waals surface area (Å²) < 4.78 is 24.5. The Bertz CT molecular complexity index is 1370. The van der Waals surface area contributed by atoms with Gasteiger partial charge in [-0.25, -0.2) is 9.18 Å². The number of hydrogen-bond acceptors (Lipinski definition) is 8. The highest BCUT2D eigenvalue weighted by Crippen LogP contribution is 2.44. The largest absolute Gasteiger partial charge is 0.468 e. The minimum Gasteiger partial charge on any atom is -0.468 e. The molecule has 0 bridgehead atoms. The third kappa shape index (κ3) is 4.78. The number of alkyl halides is 1. The number of nitrogens with zero attached hydrogens (tertiary/aromatic N) is 4. The Balaban J connectivity index is 1.88. The lowest BCUT2D eigenvalue weighted by Crippen LogP contribution is -2.39. The smallest absolute Gasteiger partial charge is 0.336 e. The summed E-state index contributed by atoms with van der Waals surface area (Å²) in [6.07, 6.45) is 0. The molecule has 0 spiro atoms. The van der Waals surface area contributed by atoms with E-state index in [2.05, 4.69) is 15.3 Å². The van der Waals surface area contributed by atoms with E-state index in [9.17, 15) is 14.0 Å². The van der Waals surface area contributed by atoms with Gasteiger partial charge in [-0.3, -0.25) is 9.79 Å². The fourth-order valence-electron chi connectivity index (χ4n) is 4.08. The van der Waals surface area contributed by atoms with Crippen LogP contribution in [0.4, 0.5) is 4.39 Å². The molecule has 0 amide bonds. The molecule has 0 radical (unpaired) electrons. The van der Waals surface area contributed by atoms with Crippen molar-refractivity contribution < 1.29 is 28.3 Å². The molecule has 36 heavy (non-hydrogen) atoms. The number of rotatable bonds is 8. The summed E-state index contributed by atoms with van der Waals surface area (Å²) in [7, 11) is 1.16. The van der Waals surface area contributed by atoms with E-state index in [1.54, 1.807) is 49.4 Å². The number of aromatic nitrogens is 3. The monoisotopic (exact) mass is 534 g/mol. The summed E-state index contributed by atoms with van der Waals surface area (Å²) in [5.41, 5.74) is 1.33. The zero-order valence-electron chi connectivity index (χ0n) is 19.3. The molecule has 188 valence electrons. The summed E-state index contributed by atoms with van der Waals surface area (Å²) in [5.74, 6) is -3.95. The third-order valence-electron chi connectivity index (χ3n) is 5.64. The van der Waals surface area contributed by atoms with Crippen molar-refractivity contribution in [2.24, 2.45) is 10.9 Å². The Kier molecular flexibility index (Phi) is 7.85. The van der Waals surface area contributed by atoms with Crippen molar-refractivity contribution in [2.45, 2.75) is 12.8 Å². The van der Waals surface area contributed by atoms with Gasteiger partial charge >= 0.3 is 11.9 Å². The van der Waals surface area contributed by atoms with Crippen LogP contribution >= 0.6 is 23.2 Å². The van der Waals surface area contributed by atoms with Crippen LogP contribution in [0.1, 0.15) is 18.4 Å². The minimum atomic E-state index is -1.29. The molecular weight excluding hydrogens is 514 g/mol. The number of benzene rings is 2. The van der Waals surface area contributed by atoms with E-state index in [4.69, 9.17) is 37.5 Å². The first-order chi connectivity index (χ1) is 17.4. The number of carbonyl (C=O) groups excluding carboxylic acids is 2. The molecule has 0 fully saturated rings. The molecule has 9 nitrogen and oxygen atoms in total. The molecule has 0 N–H and O–H groups in total. The topological polar surface area (TPSA) is 105 Å². The van der Waals surface area contributed by atoms with E-state index in [1.165, 1.54) is 4.85 Å². The van der Waals surface area contributed by atoms with Crippen molar-refractivity contribution in [3.05, 3.63) is 69.3 Å². The van der Waals surface area contributed by atoms with Crippen LogP contribution in [0.3, 0.4) is 0 Å². The lowest BCUT2D eigenvalue weighted by Gasteiger charge is -2.32. The minimum absolute atomic E-state index is 0.0296. The van der Waals surface area contributed by atoms with E-state index >= 15 is 0 Å². The van der Waals surface area contributed by atoms with E-state index in [1.807, 2.05) is 0 Å². The summed E-state index contributed by atoms with van der Waals surface area (Å²) in [5, 5.41) is 8.26. The maximum absolute atomic E-state index is 14.3. The van der Waals surface area contributed by atoms with Crippen molar-refractivity contribution in [1.82, 2.24) is 15.2 Å². The van der Waals surface area contributed by atoms with Crippen LogP contribution < -0.4 is 4.84 Å². The fraction of sp³-hybridized carbons (Fsp3) is 0.292. The Labute approximate surface area is 215 Å². The molecule has 3 aromatic rings. The second-order valence-corrected chi connectivity index (χ2v) is 8.45. The van der Waals surface area contributed by atoms with Crippen molar-refractivity contribution in [1.29, 1.82) is 0 Å². The molecule has 1 aromatic heterocycles. The van der Waals surface area contributed by atoms with Crippen molar-refractivity contribution in [3.8, 4) is 0 Å². The summed E-state index contributed by atoms with van der Waals surface area (Å²) >= 11 is 12.7. The van der Waals surface area contributed by atoms with Crippen molar-refractivity contribution in [3.63, 3.8) is 0 Å². The highest BCUT2D eigenvalue weighted by molar-refractivity contribution is 6.42. The van der Waals surface area contributed by atoms with Gasteiger partial charge in [0.05, 0.1) is 40.7 Å². The molecule has 1 aliphatic heterocycles. The SMILES string of the molecule is CCOC(=O)C1=C(COn2nnc3ccccc32)N=C(CF)C(C(=O)OC)C1c1cccc(Cl)c1Cl. The number of para-hydroxylation sites is 1. The van der Waals surface area contributed by atoms with E-state index in [0.29, 0.717) is 16.6 Å². The van der Waals surface area contributed by atoms with Crippen LogP contribution in [0.15, 0.2) is 58.7 Å². The van der Waals surface area contributed by atoms with Gasteiger partial charge in [-0.15, -0.1) is 5.10 Å². The molecule has 4 rings (SSSR count). The highest BCUT2D eigenvalue weighted by atomic mass is 35.5. The molecule has 2 unspecified atom stereocenters. The van der Waals surface area contributed by atoms with Gasteiger partial charge in [-0.05, 0) is 35.9 Å². The number of halogens is 3. The van der Waals surface area contributed by atoms with Crippen LogP contribution in [0.5, 0.6) is 0 Å². The number of carbonyl (C=O) groups is 2. The van der Waals surface area contributed by atoms with E-state index < -0.39 is 30.4 Å². The quantitative estimate of drug-likeness (QED) is 0.402. The van der Waals surface area contributed by atoms with Crippen LogP contribution in [-0.4, -0.2) is 59.8 Å². The number of fused-ring (bicyclic) bond motifs is 1. The van der Waals surface area contributed by atoms with Gasteiger partial charge in [0.1, 0.15) is 23.6 Å². The predicted octanol–water partition coefficient (Wildman–Crippen LogP) is 3.98. The Hall–Kier alpha value is -3.50. The Morgan fingerprint density at radius 3 is 2.64 bits per heavy atom. The van der Waals surface area contributed by atoms with Gasteiger partial charge in [0.25, 0.3) is 0 Å². The molecule has 0 saturated heterocycles. The maximum atomic E-state index is 14.3. The number of aliphatic imine (C=N–C) groups is 1. The average Bonchev–Trinajstić information content (AvgIpc) is 3.31. The Morgan fingerprint density at radius 2 is 1.92 bits per heavy atom. The van der Waals surface area contributed by atoms with Crippen LogP contribution in [-0.2, 0) is 19.1 Å². The first-order valence-electron chi connectivity index (χ1n) is 10.9. The van der Waals surface area contributed by atoms with Crippen molar-refractivity contribution >= 4 is 51.9 Å². The molecule has 2 heterocycles. The zero-order chi connectivity index (χ0) is 25.8. The first kappa shape index (κ1) is 25.6. The van der Waals surface area contributed by atoms with E-state index in [-0.39, 0.29) is 40.2 Å². The maximum Gasteiger partial charge on any atom is 0.336 e. The summed E-state index contributed by atoms with van der Waals surface area (Å²) in [6.45, 7) is 0.283.